The standard InChI is InChI=1S/C16H20FN3O4/c1-16(2,3)24-15(21)19-11-6-12(19)9-18(8-11)14-5-4-10(20(22)23)7-13(14)17/h4-5,7,11-12H,6,8-9H2,1-3H3. The van der Waals surface area contributed by atoms with Crippen molar-refractivity contribution in [1.82, 2.24) is 4.90 Å². The smallest absolute Gasteiger partial charge is 0.410 e. The van der Waals surface area contributed by atoms with Gasteiger partial charge in [0.05, 0.1) is 28.8 Å². The number of piperidine rings is 1. The molecule has 0 aliphatic carbocycles. The van der Waals surface area contributed by atoms with Crippen molar-refractivity contribution in [3.05, 3.63) is 34.1 Å². The highest BCUT2D eigenvalue weighted by atomic mass is 19.1. The average Bonchev–Trinajstić information content (AvgIpc) is 2.44. The number of carbonyl (C=O) groups excluding carboxylic acids is 1. The van der Waals surface area contributed by atoms with Crippen LogP contribution in [0.25, 0.3) is 0 Å². The molecule has 3 fully saturated rings. The van der Waals surface area contributed by atoms with E-state index in [2.05, 4.69) is 0 Å². The minimum atomic E-state index is -0.620. The predicted octanol–water partition coefficient (Wildman–Crippen LogP) is 2.93. The molecule has 0 saturated carbocycles. The second-order valence-electron chi connectivity index (χ2n) is 7.23. The second-order valence-corrected chi connectivity index (χ2v) is 7.23. The van der Waals surface area contributed by atoms with Gasteiger partial charge in [-0.2, -0.15) is 0 Å². The molecule has 0 N–H and O–H groups in total. The summed E-state index contributed by atoms with van der Waals surface area (Å²) in [6.07, 6.45) is 0.525. The number of hydrogen-bond acceptors (Lipinski definition) is 5. The van der Waals surface area contributed by atoms with Crippen LogP contribution in [0.4, 0.5) is 20.6 Å². The largest absolute Gasteiger partial charge is 0.444 e. The first-order valence-electron chi connectivity index (χ1n) is 7.86. The molecule has 1 aromatic carbocycles. The van der Waals surface area contributed by atoms with Crippen LogP contribution in [0.2, 0.25) is 0 Å². The molecular weight excluding hydrogens is 317 g/mol. The van der Waals surface area contributed by atoms with Gasteiger partial charge in [0.2, 0.25) is 0 Å². The summed E-state index contributed by atoms with van der Waals surface area (Å²) in [5.74, 6) is -0.616. The van der Waals surface area contributed by atoms with Crippen molar-refractivity contribution >= 4 is 17.5 Å². The molecule has 0 aromatic heterocycles. The topological polar surface area (TPSA) is 75.9 Å². The Morgan fingerprint density at radius 3 is 2.46 bits per heavy atom. The van der Waals surface area contributed by atoms with Crippen LogP contribution in [-0.2, 0) is 4.74 Å². The number of anilines is 1. The van der Waals surface area contributed by atoms with E-state index in [1.54, 1.807) is 4.90 Å². The summed E-state index contributed by atoms with van der Waals surface area (Å²) in [5, 5.41) is 10.7. The van der Waals surface area contributed by atoms with Crippen molar-refractivity contribution in [2.75, 3.05) is 18.0 Å². The molecule has 3 heterocycles. The first-order valence-corrected chi connectivity index (χ1v) is 7.86. The van der Waals surface area contributed by atoms with Gasteiger partial charge in [-0.15, -0.1) is 0 Å². The average molecular weight is 337 g/mol. The Labute approximate surface area is 139 Å². The Balaban J connectivity index is 1.70. The maximum Gasteiger partial charge on any atom is 0.410 e. The SMILES string of the molecule is CC(C)(C)OC(=O)N1C2CC1CN(c1ccc([N+](=O)[O-])cc1F)C2. The van der Waals surface area contributed by atoms with E-state index in [0.717, 1.165) is 12.5 Å². The van der Waals surface area contributed by atoms with Crippen LogP contribution < -0.4 is 4.90 Å². The van der Waals surface area contributed by atoms with Crippen molar-refractivity contribution in [3.8, 4) is 0 Å². The molecule has 3 aliphatic rings. The molecule has 0 radical (unpaired) electrons. The van der Waals surface area contributed by atoms with Crippen LogP contribution in [0.15, 0.2) is 18.2 Å². The van der Waals surface area contributed by atoms with Crippen molar-refractivity contribution < 1.29 is 18.8 Å². The first kappa shape index (κ1) is 16.5. The monoisotopic (exact) mass is 337 g/mol. The molecule has 7 nitrogen and oxygen atoms in total. The molecule has 2 atom stereocenters. The van der Waals surface area contributed by atoms with E-state index in [-0.39, 0.29) is 23.9 Å². The van der Waals surface area contributed by atoms with Gasteiger partial charge in [-0.25, -0.2) is 9.18 Å². The number of rotatable bonds is 2. The Kier molecular flexibility index (Phi) is 3.85. The fraction of sp³-hybridized carbons (Fsp3) is 0.562. The van der Waals surface area contributed by atoms with E-state index in [4.69, 9.17) is 4.74 Å². The van der Waals surface area contributed by atoms with Gasteiger partial charge >= 0.3 is 6.09 Å². The normalized spacial score (nSPS) is 22.8. The van der Waals surface area contributed by atoms with Crippen molar-refractivity contribution in [1.29, 1.82) is 0 Å². The molecule has 2 bridgehead atoms. The van der Waals surface area contributed by atoms with E-state index >= 15 is 0 Å². The van der Waals surface area contributed by atoms with E-state index in [1.807, 2.05) is 25.7 Å². The first-order chi connectivity index (χ1) is 11.2. The summed E-state index contributed by atoms with van der Waals surface area (Å²) in [5.41, 5.74) is -0.488. The van der Waals surface area contributed by atoms with Crippen molar-refractivity contribution in [2.45, 2.75) is 44.9 Å². The van der Waals surface area contributed by atoms with Gasteiger partial charge in [0.25, 0.3) is 5.69 Å². The zero-order chi connectivity index (χ0) is 17.6. The maximum absolute atomic E-state index is 14.2. The lowest BCUT2D eigenvalue weighted by Crippen LogP contribution is -2.70. The van der Waals surface area contributed by atoms with Gasteiger partial charge in [0.1, 0.15) is 5.60 Å². The van der Waals surface area contributed by atoms with Gasteiger partial charge in [-0.05, 0) is 33.3 Å². The third kappa shape index (κ3) is 3.00. The van der Waals surface area contributed by atoms with Gasteiger partial charge < -0.3 is 9.64 Å². The van der Waals surface area contributed by atoms with Crippen LogP contribution in [0, 0.1) is 15.9 Å². The highest BCUT2D eigenvalue weighted by Gasteiger charge is 2.49. The van der Waals surface area contributed by atoms with Crippen LogP contribution in [-0.4, -0.2) is 46.7 Å². The van der Waals surface area contributed by atoms with Crippen molar-refractivity contribution in [2.24, 2.45) is 0 Å². The van der Waals surface area contributed by atoms with Gasteiger partial charge in [0.15, 0.2) is 5.82 Å². The summed E-state index contributed by atoms with van der Waals surface area (Å²) in [6, 6.07) is 3.61. The van der Waals surface area contributed by atoms with Crippen LogP contribution >= 0.6 is 0 Å². The molecule has 4 rings (SSSR count). The van der Waals surface area contributed by atoms with Crippen LogP contribution in [0.3, 0.4) is 0 Å². The van der Waals surface area contributed by atoms with Gasteiger partial charge in [-0.3, -0.25) is 15.0 Å². The number of hydrogen-bond donors (Lipinski definition) is 0. The lowest BCUT2D eigenvalue weighted by Gasteiger charge is -2.56. The fourth-order valence-corrected chi connectivity index (χ4v) is 3.28. The zero-order valence-electron chi connectivity index (χ0n) is 13.9. The predicted molar refractivity (Wildman–Crippen MR) is 85.5 cm³/mol. The number of fused-ring (bicyclic) bond motifs is 2. The molecule has 24 heavy (non-hydrogen) atoms. The molecule has 3 saturated heterocycles. The van der Waals surface area contributed by atoms with E-state index in [0.29, 0.717) is 18.8 Å². The molecule has 3 aliphatic heterocycles. The number of benzene rings is 1. The summed E-state index contributed by atoms with van der Waals surface area (Å²) in [4.78, 5) is 25.8. The van der Waals surface area contributed by atoms with E-state index in [9.17, 15) is 19.3 Å². The minimum Gasteiger partial charge on any atom is -0.444 e. The molecular formula is C16H20FN3O4. The molecule has 1 aromatic rings. The van der Waals surface area contributed by atoms with Gasteiger partial charge in [0, 0.05) is 19.2 Å². The Bertz CT molecular complexity index is 676. The third-order valence-corrected chi connectivity index (χ3v) is 4.28. The number of amides is 1. The number of nitro benzene ring substituents is 1. The number of piperazine rings is 1. The number of non-ortho nitro benzene ring substituents is 1. The summed E-state index contributed by atoms with van der Waals surface area (Å²) >= 11 is 0. The number of nitro groups is 1. The molecule has 2 unspecified atom stereocenters. The molecule has 130 valence electrons. The highest BCUT2D eigenvalue weighted by molar-refractivity contribution is 5.71. The lowest BCUT2D eigenvalue weighted by molar-refractivity contribution is -0.385. The van der Waals surface area contributed by atoms with Crippen molar-refractivity contribution in [3.63, 3.8) is 0 Å². The third-order valence-electron chi connectivity index (χ3n) is 4.28. The number of halogens is 1. The van der Waals surface area contributed by atoms with E-state index < -0.39 is 16.3 Å². The van der Waals surface area contributed by atoms with Crippen LogP contribution in [0.1, 0.15) is 27.2 Å². The Morgan fingerprint density at radius 2 is 1.96 bits per heavy atom. The number of ether oxygens (including phenoxy) is 1. The minimum absolute atomic E-state index is 0.0202. The Morgan fingerprint density at radius 1 is 1.33 bits per heavy atom. The van der Waals surface area contributed by atoms with E-state index in [1.165, 1.54) is 12.1 Å². The summed E-state index contributed by atoms with van der Waals surface area (Å²) in [7, 11) is 0. The molecule has 1 amide bonds. The summed E-state index contributed by atoms with van der Waals surface area (Å²) < 4.78 is 19.6. The Hall–Kier alpha value is -2.38. The highest BCUT2D eigenvalue weighted by Crippen LogP contribution is 2.37. The second kappa shape index (κ2) is 5.61. The zero-order valence-corrected chi connectivity index (χ0v) is 13.9. The molecule has 0 spiro atoms. The lowest BCUT2D eigenvalue weighted by atomic mass is 9.87. The maximum atomic E-state index is 14.2. The fourth-order valence-electron chi connectivity index (χ4n) is 3.28. The number of carbonyl (C=O) groups is 1. The number of nitrogens with zero attached hydrogens (tertiary/aromatic N) is 3. The summed E-state index contributed by atoms with van der Waals surface area (Å²) in [6.45, 7) is 6.44. The van der Waals surface area contributed by atoms with Crippen LogP contribution in [0.5, 0.6) is 0 Å². The molecule has 8 heteroatoms. The van der Waals surface area contributed by atoms with Gasteiger partial charge in [-0.1, -0.05) is 0 Å². The quantitative estimate of drug-likeness (QED) is 0.612.